The molecule has 0 radical (unpaired) electrons. The Morgan fingerprint density at radius 2 is 1.93 bits per heavy atom. The van der Waals surface area contributed by atoms with E-state index in [1.807, 2.05) is 7.11 Å². The Morgan fingerprint density at radius 1 is 1.21 bits per heavy atom. The second kappa shape index (κ2) is 7.21. The quantitative estimate of drug-likeness (QED) is 0.655. The number of unbranched alkanes of at least 4 members (excludes halogenated alkanes) is 2. The van der Waals surface area contributed by atoms with Crippen LogP contribution in [0.15, 0.2) is 0 Å². The second-order valence-electron chi connectivity index (χ2n) is 4.13. The summed E-state index contributed by atoms with van der Waals surface area (Å²) in [5, 5.41) is 0. The van der Waals surface area contributed by atoms with Crippen molar-refractivity contribution in [2.75, 3.05) is 33.3 Å². The van der Waals surface area contributed by atoms with E-state index in [4.69, 9.17) is 10.5 Å². The monoisotopic (exact) mass is 200 g/mol. The Morgan fingerprint density at radius 3 is 2.50 bits per heavy atom. The van der Waals surface area contributed by atoms with Crippen LogP contribution in [0.1, 0.15) is 32.1 Å². The number of ether oxygens (including phenoxy) is 1. The highest BCUT2D eigenvalue weighted by Gasteiger charge is 2.17. The van der Waals surface area contributed by atoms with Gasteiger partial charge in [-0.3, -0.25) is 0 Å². The average Bonchev–Trinajstić information content (AvgIpc) is 2.25. The predicted octanol–water partition coefficient (Wildman–Crippen LogP) is 1.23. The van der Waals surface area contributed by atoms with E-state index >= 15 is 0 Å². The molecular weight excluding hydrogens is 176 g/mol. The third-order valence-electron chi connectivity index (χ3n) is 3.05. The van der Waals surface area contributed by atoms with Crippen molar-refractivity contribution in [1.29, 1.82) is 0 Å². The molecule has 14 heavy (non-hydrogen) atoms. The third kappa shape index (κ3) is 4.40. The van der Waals surface area contributed by atoms with Gasteiger partial charge in [0.2, 0.25) is 0 Å². The van der Waals surface area contributed by atoms with Crippen molar-refractivity contribution in [2.24, 2.45) is 5.73 Å². The first-order chi connectivity index (χ1) is 6.86. The zero-order valence-electron chi connectivity index (χ0n) is 9.37. The summed E-state index contributed by atoms with van der Waals surface area (Å²) in [6.07, 6.45) is 6.67. The van der Waals surface area contributed by atoms with Gasteiger partial charge in [-0.1, -0.05) is 6.42 Å². The molecule has 1 heterocycles. The van der Waals surface area contributed by atoms with Gasteiger partial charge in [0.05, 0.1) is 6.10 Å². The summed E-state index contributed by atoms with van der Waals surface area (Å²) in [5.41, 5.74) is 5.45. The maximum absolute atomic E-state index is 5.45. The third-order valence-corrected chi connectivity index (χ3v) is 3.05. The molecule has 1 aliphatic heterocycles. The molecule has 0 spiro atoms. The van der Waals surface area contributed by atoms with Crippen molar-refractivity contribution < 1.29 is 4.74 Å². The number of hydrogen-bond acceptors (Lipinski definition) is 3. The summed E-state index contributed by atoms with van der Waals surface area (Å²) in [7, 11) is 1.82. The minimum atomic E-state index is 0.510. The van der Waals surface area contributed by atoms with Crippen molar-refractivity contribution in [2.45, 2.75) is 38.2 Å². The van der Waals surface area contributed by atoms with E-state index in [1.54, 1.807) is 0 Å². The molecule has 2 N–H and O–H groups in total. The molecule has 1 rings (SSSR count). The van der Waals surface area contributed by atoms with Crippen LogP contribution in [0.4, 0.5) is 0 Å². The van der Waals surface area contributed by atoms with Crippen molar-refractivity contribution in [1.82, 2.24) is 4.90 Å². The summed E-state index contributed by atoms with van der Waals surface area (Å²) in [5.74, 6) is 0. The zero-order valence-corrected chi connectivity index (χ0v) is 9.37. The molecule has 1 aliphatic rings. The number of hydrogen-bond donors (Lipinski definition) is 1. The summed E-state index contributed by atoms with van der Waals surface area (Å²) in [4.78, 5) is 2.55. The van der Waals surface area contributed by atoms with Gasteiger partial charge in [0.25, 0.3) is 0 Å². The Hall–Kier alpha value is -0.120. The maximum atomic E-state index is 5.45. The SMILES string of the molecule is COC1CCN(CCCCCN)CC1. The lowest BCUT2D eigenvalue weighted by atomic mass is 10.1. The van der Waals surface area contributed by atoms with Crippen LogP contribution >= 0.6 is 0 Å². The van der Waals surface area contributed by atoms with E-state index in [1.165, 1.54) is 51.7 Å². The van der Waals surface area contributed by atoms with E-state index in [-0.39, 0.29) is 0 Å². The summed E-state index contributed by atoms with van der Waals surface area (Å²) in [6.45, 7) is 4.50. The van der Waals surface area contributed by atoms with Gasteiger partial charge in [0.15, 0.2) is 0 Å². The molecule has 84 valence electrons. The number of likely N-dealkylation sites (tertiary alicyclic amines) is 1. The smallest absolute Gasteiger partial charge is 0.0595 e. The Kier molecular flexibility index (Phi) is 6.15. The minimum Gasteiger partial charge on any atom is -0.381 e. The standard InChI is InChI=1S/C11H24N2O/c1-14-11-5-9-13(10-6-11)8-4-2-3-7-12/h11H,2-10,12H2,1H3. The van der Waals surface area contributed by atoms with Crippen LogP contribution in [0.5, 0.6) is 0 Å². The molecule has 0 aliphatic carbocycles. The lowest BCUT2D eigenvalue weighted by Crippen LogP contribution is -2.37. The van der Waals surface area contributed by atoms with Crippen LogP contribution in [0.3, 0.4) is 0 Å². The van der Waals surface area contributed by atoms with Gasteiger partial charge in [0, 0.05) is 20.2 Å². The average molecular weight is 200 g/mol. The molecule has 0 atom stereocenters. The lowest BCUT2D eigenvalue weighted by Gasteiger charge is -2.31. The fourth-order valence-electron chi connectivity index (χ4n) is 2.03. The summed E-state index contributed by atoms with van der Waals surface area (Å²) < 4.78 is 5.34. The van der Waals surface area contributed by atoms with Crippen LogP contribution < -0.4 is 5.73 Å². The molecule has 0 saturated carbocycles. The molecule has 0 aromatic heterocycles. The number of nitrogens with two attached hydrogens (primary N) is 1. The van der Waals surface area contributed by atoms with Gasteiger partial charge in [-0.05, 0) is 38.8 Å². The van der Waals surface area contributed by atoms with E-state index in [0.717, 1.165) is 6.54 Å². The molecule has 1 saturated heterocycles. The summed E-state index contributed by atoms with van der Waals surface area (Å²) in [6, 6.07) is 0. The van der Waals surface area contributed by atoms with E-state index in [9.17, 15) is 0 Å². The van der Waals surface area contributed by atoms with Gasteiger partial charge in [-0.2, -0.15) is 0 Å². The molecule has 0 aromatic rings. The van der Waals surface area contributed by atoms with Gasteiger partial charge in [-0.15, -0.1) is 0 Å². The predicted molar refractivity (Wildman–Crippen MR) is 59.4 cm³/mol. The number of piperidine rings is 1. The van der Waals surface area contributed by atoms with Gasteiger partial charge < -0.3 is 15.4 Å². The fraction of sp³-hybridized carbons (Fsp3) is 1.00. The van der Waals surface area contributed by atoms with E-state index < -0.39 is 0 Å². The minimum absolute atomic E-state index is 0.510. The Balaban J connectivity index is 1.98. The first-order valence-electron chi connectivity index (χ1n) is 5.82. The largest absolute Gasteiger partial charge is 0.381 e. The number of rotatable bonds is 6. The Bertz CT molecular complexity index is 133. The van der Waals surface area contributed by atoms with Crippen molar-refractivity contribution >= 4 is 0 Å². The normalized spacial score (nSPS) is 20.1. The molecule has 3 nitrogen and oxygen atoms in total. The van der Waals surface area contributed by atoms with Crippen molar-refractivity contribution in [3.8, 4) is 0 Å². The van der Waals surface area contributed by atoms with Crippen LogP contribution in [0.2, 0.25) is 0 Å². The molecule has 1 fully saturated rings. The summed E-state index contributed by atoms with van der Waals surface area (Å²) >= 11 is 0. The zero-order chi connectivity index (χ0) is 10.2. The highest BCUT2D eigenvalue weighted by atomic mass is 16.5. The van der Waals surface area contributed by atoms with Crippen molar-refractivity contribution in [3.05, 3.63) is 0 Å². The van der Waals surface area contributed by atoms with Gasteiger partial charge in [0.1, 0.15) is 0 Å². The Labute approximate surface area is 87.6 Å². The van der Waals surface area contributed by atoms with Crippen LogP contribution in [0.25, 0.3) is 0 Å². The lowest BCUT2D eigenvalue weighted by molar-refractivity contribution is 0.0407. The number of nitrogens with zero attached hydrogens (tertiary/aromatic N) is 1. The first kappa shape index (κ1) is 12.0. The van der Waals surface area contributed by atoms with E-state index in [0.29, 0.717) is 6.10 Å². The highest BCUT2D eigenvalue weighted by Crippen LogP contribution is 2.13. The van der Waals surface area contributed by atoms with E-state index in [2.05, 4.69) is 4.90 Å². The van der Waals surface area contributed by atoms with Gasteiger partial charge in [-0.25, -0.2) is 0 Å². The molecule has 0 bridgehead atoms. The highest BCUT2D eigenvalue weighted by molar-refractivity contribution is 4.71. The van der Waals surface area contributed by atoms with Gasteiger partial charge >= 0.3 is 0 Å². The van der Waals surface area contributed by atoms with Crippen LogP contribution in [-0.4, -0.2) is 44.3 Å². The number of methoxy groups -OCH3 is 1. The molecule has 0 aromatic carbocycles. The maximum Gasteiger partial charge on any atom is 0.0595 e. The molecule has 0 unspecified atom stereocenters. The molecular formula is C11H24N2O. The first-order valence-corrected chi connectivity index (χ1v) is 5.82. The van der Waals surface area contributed by atoms with Crippen molar-refractivity contribution in [3.63, 3.8) is 0 Å². The van der Waals surface area contributed by atoms with Crippen LogP contribution in [0, 0.1) is 0 Å². The second-order valence-corrected chi connectivity index (χ2v) is 4.13. The fourth-order valence-corrected chi connectivity index (χ4v) is 2.03. The van der Waals surface area contributed by atoms with Crippen LogP contribution in [-0.2, 0) is 4.74 Å². The molecule has 0 amide bonds. The molecule has 3 heteroatoms. The topological polar surface area (TPSA) is 38.5 Å².